The van der Waals surface area contributed by atoms with E-state index in [1.165, 1.54) is 6.42 Å². The lowest BCUT2D eigenvalue weighted by Crippen LogP contribution is -2.46. The normalized spacial score (nSPS) is 18.6. The molecule has 0 aliphatic carbocycles. The number of piperidine rings is 1. The fraction of sp³-hybridized carbons (Fsp3) is 0.562. The van der Waals surface area contributed by atoms with Gasteiger partial charge in [0.2, 0.25) is 5.91 Å². The minimum absolute atomic E-state index is 0.159. The summed E-state index contributed by atoms with van der Waals surface area (Å²) < 4.78 is 7.07. The van der Waals surface area contributed by atoms with E-state index in [-0.39, 0.29) is 11.9 Å². The van der Waals surface area contributed by atoms with E-state index in [1.807, 2.05) is 35.7 Å². The first-order valence-corrected chi connectivity index (χ1v) is 7.84. The molecule has 6 heteroatoms. The molecular formula is C16H22N4O2. The van der Waals surface area contributed by atoms with Gasteiger partial charge in [0.1, 0.15) is 5.76 Å². The molecule has 1 aliphatic rings. The summed E-state index contributed by atoms with van der Waals surface area (Å²) in [5, 5.41) is 8.20. The number of aryl methyl sites for hydroxylation is 2. The third kappa shape index (κ3) is 3.05. The molecule has 2 aromatic heterocycles. The van der Waals surface area contributed by atoms with Crippen molar-refractivity contribution in [3.05, 3.63) is 35.5 Å². The van der Waals surface area contributed by atoms with Crippen molar-refractivity contribution in [2.75, 3.05) is 6.54 Å². The van der Waals surface area contributed by atoms with Gasteiger partial charge in [0.05, 0.1) is 24.7 Å². The van der Waals surface area contributed by atoms with Gasteiger partial charge in [0.25, 0.3) is 0 Å². The standard InChI is InChI=1S/C16H22N4O2/c1-12-15(13(2)22-18-12)10-16(21)20-9-4-3-6-14(20)11-19-8-5-7-17-19/h5,7-8,14H,3-4,6,9-11H2,1-2H3/t14-/m0/s1. The van der Waals surface area contributed by atoms with E-state index in [0.29, 0.717) is 6.42 Å². The molecule has 0 saturated carbocycles. The van der Waals surface area contributed by atoms with Crippen molar-refractivity contribution in [3.8, 4) is 0 Å². The van der Waals surface area contributed by atoms with Crippen LogP contribution in [0.2, 0.25) is 0 Å². The van der Waals surface area contributed by atoms with Crippen molar-refractivity contribution < 1.29 is 9.32 Å². The number of hydrogen-bond donors (Lipinski definition) is 0. The second-order valence-corrected chi connectivity index (χ2v) is 5.94. The number of carbonyl (C=O) groups is 1. The smallest absolute Gasteiger partial charge is 0.227 e. The van der Waals surface area contributed by atoms with Gasteiger partial charge in [0, 0.05) is 24.5 Å². The number of amides is 1. The molecular weight excluding hydrogens is 280 g/mol. The summed E-state index contributed by atoms with van der Waals surface area (Å²) in [4.78, 5) is 14.7. The van der Waals surface area contributed by atoms with Crippen molar-refractivity contribution in [1.29, 1.82) is 0 Å². The number of nitrogens with zero attached hydrogens (tertiary/aromatic N) is 4. The first-order chi connectivity index (χ1) is 10.6. The number of hydrogen-bond acceptors (Lipinski definition) is 4. The molecule has 0 radical (unpaired) electrons. The first kappa shape index (κ1) is 14.8. The molecule has 0 bridgehead atoms. The summed E-state index contributed by atoms with van der Waals surface area (Å²) in [6.07, 6.45) is 7.37. The molecule has 1 saturated heterocycles. The summed E-state index contributed by atoms with van der Waals surface area (Å²) in [7, 11) is 0. The van der Waals surface area contributed by atoms with Crippen LogP contribution in [0.25, 0.3) is 0 Å². The maximum Gasteiger partial charge on any atom is 0.227 e. The molecule has 1 aliphatic heterocycles. The van der Waals surface area contributed by atoms with Gasteiger partial charge < -0.3 is 9.42 Å². The van der Waals surface area contributed by atoms with E-state index >= 15 is 0 Å². The lowest BCUT2D eigenvalue weighted by atomic mass is 10.0. The van der Waals surface area contributed by atoms with Gasteiger partial charge in [-0.25, -0.2) is 0 Å². The predicted molar refractivity (Wildman–Crippen MR) is 81.3 cm³/mol. The Morgan fingerprint density at radius 3 is 2.95 bits per heavy atom. The predicted octanol–water partition coefficient (Wildman–Crippen LogP) is 2.11. The monoisotopic (exact) mass is 302 g/mol. The molecule has 1 atom stereocenters. The van der Waals surface area contributed by atoms with Gasteiger partial charge in [-0.15, -0.1) is 0 Å². The van der Waals surface area contributed by atoms with Crippen LogP contribution in [-0.4, -0.2) is 38.3 Å². The van der Waals surface area contributed by atoms with Crippen LogP contribution in [0, 0.1) is 13.8 Å². The average Bonchev–Trinajstić information content (AvgIpc) is 3.13. The maximum atomic E-state index is 12.7. The zero-order chi connectivity index (χ0) is 15.5. The minimum Gasteiger partial charge on any atom is -0.361 e. The van der Waals surface area contributed by atoms with Crippen molar-refractivity contribution in [2.24, 2.45) is 0 Å². The summed E-state index contributed by atoms with van der Waals surface area (Å²) in [6.45, 7) is 5.34. The van der Waals surface area contributed by atoms with Gasteiger partial charge in [-0.3, -0.25) is 9.48 Å². The van der Waals surface area contributed by atoms with E-state index in [1.54, 1.807) is 6.20 Å². The first-order valence-electron chi connectivity index (χ1n) is 7.84. The van der Waals surface area contributed by atoms with Crippen molar-refractivity contribution in [1.82, 2.24) is 19.8 Å². The highest BCUT2D eigenvalue weighted by molar-refractivity contribution is 5.79. The topological polar surface area (TPSA) is 64.2 Å². The third-order valence-electron chi connectivity index (χ3n) is 4.41. The molecule has 6 nitrogen and oxygen atoms in total. The zero-order valence-electron chi connectivity index (χ0n) is 13.2. The molecule has 22 heavy (non-hydrogen) atoms. The Labute approximate surface area is 130 Å². The Morgan fingerprint density at radius 2 is 2.27 bits per heavy atom. The molecule has 2 aromatic rings. The van der Waals surface area contributed by atoms with Crippen LogP contribution in [0.1, 0.15) is 36.3 Å². The summed E-state index contributed by atoms with van der Waals surface area (Å²) >= 11 is 0. The van der Waals surface area contributed by atoms with Gasteiger partial charge in [-0.2, -0.15) is 5.10 Å². The van der Waals surface area contributed by atoms with E-state index in [9.17, 15) is 4.79 Å². The van der Waals surface area contributed by atoms with Crippen molar-refractivity contribution in [2.45, 2.75) is 52.1 Å². The summed E-state index contributed by atoms with van der Waals surface area (Å²) in [6, 6.07) is 2.14. The third-order valence-corrected chi connectivity index (χ3v) is 4.41. The van der Waals surface area contributed by atoms with Gasteiger partial charge in [-0.05, 0) is 39.2 Å². The maximum absolute atomic E-state index is 12.7. The molecule has 0 N–H and O–H groups in total. The SMILES string of the molecule is Cc1noc(C)c1CC(=O)N1CCCC[C@H]1Cn1cccn1. The van der Waals surface area contributed by atoms with Crippen LogP contribution >= 0.6 is 0 Å². The highest BCUT2D eigenvalue weighted by Crippen LogP contribution is 2.21. The van der Waals surface area contributed by atoms with E-state index in [2.05, 4.69) is 10.3 Å². The average molecular weight is 302 g/mol. The number of carbonyl (C=O) groups excluding carboxylic acids is 1. The van der Waals surface area contributed by atoms with Crippen LogP contribution in [0.3, 0.4) is 0 Å². The molecule has 118 valence electrons. The molecule has 0 aromatic carbocycles. The van der Waals surface area contributed by atoms with Gasteiger partial charge in [0.15, 0.2) is 0 Å². The van der Waals surface area contributed by atoms with Crippen molar-refractivity contribution in [3.63, 3.8) is 0 Å². The molecule has 1 amide bonds. The lowest BCUT2D eigenvalue weighted by molar-refractivity contribution is -0.134. The fourth-order valence-corrected chi connectivity index (χ4v) is 3.15. The van der Waals surface area contributed by atoms with Crippen LogP contribution < -0.4 is 0 Å². The van der Waals surface area contributed by atoms with Crippen molar-refractivity contribution >= 4 is 5.91 Å². The Kier molecular flexibility index (Phi) is 4.27. The Balaban J connectivity index is 1.71. The van der Waals surface area contributed by atoms with Gasteiger partial charge >= 0.3 is 0 Å². The second kappa shape index (κ2) is 6.34. The highest BCUT2D eigenvalue weighted by Gasteiger charge is 2.28. The van der Waals surface area contributed by atoms with Crippen LogP contribution in [0.5, 0.6) is 0 Å². The highest BCUT2D eigenvalue weighted by atomic mass is 16.5. The van der Waals surface area contributed by atoms with E-state index in [4.69, 9.17) is 4.52 Å². The van der Waals surface area contributed by atoms with Crippen LogP contribution in [0.15, 0.2) is 23.0 Å². The number of aromatic nitrogens is 3. The molecule has 3 rings (SSSR count). The zero-order valence-corrected chi connectivity index (χ0v) is 13.2. The molecule has 0 spiro atoms. The second-order valence-electron chi connectivity index (χ2n) is 5.94. The van der Waals surface area contributed by atoms with Crippen LogP contribution in [-0.2, 0) is 17.8 Å². The molecule has 3 heterocycles. The Hall–Kier alpha value is -2.11. The molecule has 1 fully saturated rings. The summed E-state index contributed by atoms with van der Waals surface area (Å²) in [5.41, 5.74) is 1.74. The van der Waals surface area contributed by atoms with E-state index in [0.717, 1.165) is 42.9 Å². The number of rotatable bonds is 4. The minimum atomic E-state index is 0.159. The largest absolute Gasteiger partial charge is 0.361 e. The summed E-state index contributed by atoms with van der Waals surface area (Å²) in [5.74, 6) is 0.901. The Bertz CT molecular complexity index is 613. The van der Waals surface area contributed by atoms with Gasteiger partial charge in [-0.1, -0.05) is 5.16 Å². The Morgan fingerprint density at radius 1 is 1.41 bits per heavy atom. The quantitative estimate of drug-likeness (QED) is 0.867. The molecule has 0 unspecified atom stereocenters. The fourth-order valence-electron chi connectivity index (χ4n) is 3.15. The van der Waals surface area contributed by atoms with E-state index < -0.39 is 0 Å². The number of likely N-dealkylation sites (tertiary alicyclic amines) is 1. The van der Waals surface area contributed by atoms with Crippen LogP contribution in [0.4, 0.5) is 0 Å². The lowest BCUT2D eigenvalue weighted by Gasteiger charge is -2.35.